The van der Waals surface area contributed by atoms with Crippen LogP contribution in [0.15, 0.2) is 85.5 Å². The maximum Gasteiger partial charge on any atom is 0.341 e. The number of carboxylic acids is 1. The van der Waals surface area contributed by atoms with Crippen molar-refractivity contribution in [2.24, 2.45) is 5.10 Å². The van der Waals surface area contributed by atoms with Crippen LogP contribution >= 0.6 is 15.9 Å². The molecule has 37 heavy (non-hydrogen) atoms. The second-order valence-corrected chi connectivity index (χ2v) is 8.66. The highest BCUT2D eigenvalue weighted by Crippen LogP contribution is 2.31. The molecule has 2 aromatic heterocycles. The molecule has 0 fully saturated rings. The van der Waals surface area contributed by atoms with Crippen molar-refractivity contribution in [2.45, 2.75) is 0 Å². The van der Waals surface area contributed by atoms with E-state index in [4.69, 9.17) is 14.3 Å². The number of furan rings is 1. The summed E-state index contributed by atoms with van der Waals surface area (Å²) < 4.78 is 13.0. The van der Waals surface area contributed by atoms with Gasteiger partial charge in [-0.1, -0.05) is 34.1 Å². The summed E-state index contributed by atoms with van der Waals surface area (Å²) in [6.07, 6.45) is 1.17. The number of nitrogens with zero attached hydrogens (tertiary/aromatic N) is 4. The summed E-state index contributed by atoms with van der Waals surface area (Å²) in [5.74, 6) is -1.23. The standard InChI is InChI=1S/C25H15BrN4O7/c26-16-8-9-20-15(10-16)11-21(37-20)24-28-18-6-2-1-5-17(18)25(33)29(24)27-12-14-4-3-7-19(30(34)35)23(14)36-13-22(31)32/h1-12H,13H2,(H,31,32). The molecule has 5 aromatic rings. The number of aliphatic carboxylic acids is 1. The molecule has 1 N–H and O–H groups in total. The van der Waals surface area contributed by atoms with Crippen molar-refractivity contribution in [3.8, 4) is 17.3 Å². The summed E-state index contributed by atoms with van der Waals surface area (Å²) in [4.78, 5) is 39.8. The van der Waals surface area contributed by atoms with Gasteiger partial charge in [0.25, 0.3) is 5.56 Å². The number of carboxylic acid groups (broad SMARTS) is 1. The SMILES string of the molecule is O=C(O)COc1c(C=Nn2c(-c3cc4cc(Br)ccc4o3)nc3ccccc3c2=O)cccc1[N+](=O)[O-]. The number of hydrogen-bond donors (Lipinski definition) is 1. The highest BCUT2D eigenvalue weighted by molar-refractivity contribution is 9.10. The number of hydrogen-bond acceptors (Lipinski definition) is 8. The van der Waals surface area contributed by atoms with Crippen molar-refractivity contribution >= 4 is 55.7 Å². The number of aromatic nitrogens is 2. The quantitative estimate of drug-likeness (QED) is 0.168. The first-order valence-corrected chi connectivity index (χ1v) is 11.5. The zero-order valence-corrected chi connectivity index (χ0v) is 20.3. The van der Waals surface area contributed by atoms with E-state index in [-0.39, 0.29) is 22.9 Å². The molecule has 0 saturated heterocycles. The van der Waals surface area contributed by atoms with E-state index < -0.39 is 28.7 Å². The molecule has 0 bridgehead atoms. The number of ether oxygens (including phenoxy) is 1. The summed E-state index contributed by atoms with van der Waals surface area (Å²) in [5, 5.41) is 25.8. The van der Waals surface area contributed by atoms with Crippen LogP contribution in [-0.4, -0.2) is 38.5 Å². The van der Waals surface area contributed by atoms with Gasteiger partial charge in [-0.25, -0.2) is 9.78 Å². The Balaban J connectivity index is 1.70. The molecular formula is C25H15BrN4O7. The molecule has 184 valence electrons. The van der Waals surface area contributed by atoms with Crippen molar-refractivity contribution in [3.05, 3.63) is 97.2 Å². The van der Waals surface area contributed by atoms with Crippen LogP contribution in [0, 0.1) is 10.1 Å². The highest BCUT2D eigenvalue weighted by Gasteiger charge is 2.20. The number of para-hydroxylation sites is 2. The van der Waals surface area contributed by atoms with Gasteiger partial charge < -0.3 is 14.3 Å². The van der Waals surface area contributed by atoms with E-state index in [1.54, 1.807) is 36.4 Å². The lowest BCUT2D eigenvalue weighted by molar-refractivity contribution is -0.385. The third kappa shape index (κ3) is 4.69. The Labute approximate surface area is 215 Å². The molecule has 0 amide bonds. The highest BCUT2D eigenvalue weighted by atomic mass is 79.9. The lowest BCUT2D eigenvalue weighted by atomic mass is 10.2. The average Bonchev–Trinajstić information content (AvgIpc) is 3.30. The fourth-order valence-electron chi connectivity index (χ4n) is 3.71. The monoisotopic (exact) mass is 562 g/mol. The lowest BCUT2D eigenvalue weighted by Gasteiger charge is -2.09. The van der Waals surface area contributed by atoms with Gasteiger partial charge in [-0.15, -0.1) is 0 Å². The lowest BCUT2D eigenvalue weighted by Crippen LogP contribution is -2.20. The van der Waals surface area contributed by atoms with Crippen molar-refractivity contribution in [3.63, 3.8) is 0 Å². The smallest absolute Gasteiger partial charge is 0.341 e. The topological polar surface area (TPSA) is 150 Å². The van der Waals surface area contributed by atoms with Gasteiger partial charge in [0.2, 0.25) is 11.6 Å². The molecule has 0 aliphatic carbocycles. The first kappa shape index (κ1) is 23.9. The number of carbonyl (C=O) groups is 1. The van der Waals surface area contributed by atoms with Crippen molar-refractivity contribution in [1.29, 1.82) is 0 Å². The van der Waals surface area contributed by atoms with Gasteiger partial charge in [-0.05, 0) is 42.5 Å². The number of rotatable bonds is 7. The second kappa shape index (κ2) is 9.66. The molecule has 12 heteroatoms. The van der Waals surface area contributed by atoms with Gasteiger partial charge in [-0.3, -0.25) is 14.9 Å². The first-order valence-electron chi connectivity index (χ1n) is 10.7. The number of nitro groups is 1. The number of halogens is 1. The van der Waals surface area contributed by atoms with Crippen molar-refractivity contribution in [2.75, 3.05) is 6.61 Å². The summed E-state index contributed by atoms with van der Waals surface area (Å²) in [5.41, 5.74) is 0.139. The van der Waals surface area contributed by atoms with E-state index in [1.807, 2.05) is 12.1 Å². The maximum atomic E-state index is 13.4. The van der Waals surface area contributed by atoms with E-state index in [0.29, 0.717) is 16.5 Å². The fourth-order valence-corrected chi connectivity index (χ4v) is 4.09. The van der Waals surface area contributed by atoms with Crippen LogP contribution in [-0.2, 0) is 4.79 Å². The van der Waals surface area contributed by atoms with Gasteiger partial charge in [0.05, 0.1) is 22.0 Å². The Bertz CT molecular complexity index is 1790. The van der Waals surface area contributed by atoms with Gasteiger partial charge in [0.1, 0.15) is 5.58 Å². The third-order valence-corrected chi connectivity index (χ3v) is 5.82. The van der Waals surface area contributed by atoms with Crippen molar-refractivity contribution < 1.29 is 24.0 Å². The van der Waals surface area contributed by atoms with E-state index in [2.05, 4.69) is 26.0 Å². The van der Waals surface area contributed by atoms with Crippen molar-refractivity contribution in [1.82, 2.24) is 9.66 Å². The van der Waals surface area contributed by atoms with Crippen LogP contribution in [0.25, 0.3) is 33.5 Å². The van der Waals surface area contributed by atoms with Crippen LogP contribution in [0.4, 0.5) is 5.69 Å². The number of fused-ring (bicyclic) bond motifs is 2. The minimum atomic E-state index is -1.31. The molecule has 0 atom stereocenters. The van der Waals surface area contributed by atoms with E-state index in [9.17, 15) is 19.7 Å². The predicted octanol–water partition coefficient (Wildman–Crippen LogP) is 4.83. The fraction of sp³-hybridized carbons (Fsp3) is 0.0400. The molecule has 0 saturated carbocycles. The van der Waals surface area contributed by atoms with Crippen LogP contribution < -0.4 is 10.3 Å². The van der Waals surface area contributed by atoms with Gasteiger partial charge >= 0.3 is 11.7 Å². The van der Waals surface area contributed by atoms with Crippen LogP contribution in [0.1, 0.15) is 5.56 Å². The Morgan fingerprint density at radius 3 is 2.78 bits per heavy atom. The van der Waals surface area contributed by atoms with Gasteiger partial charge in [-0.2, -0.15) is 9.78 Å². The number of benzene rings is 3. The number of nitro benzene ring substituents is 1. The Morgan fingerprint density at radius 1 is 1.19 bits per heavy atom. The maximum absolute atomic E-state index is 13.4. The largest absolute Gasteiger partial charge is 0.479 e. The molecule has 0 spiro atoms. The molecule has 0 aliphatic heterocycles. The van der Waals surface area contributed by atoms with E-state index in [0.717, 1.165) is 14.5 Å². The molecule has 5 rings (SSSR count). The molecule has 11 nitrogen and oxygen atoms in total. The van der Waals surface area contributed by atoms with Gasteiger partial charge in [0.15, 0.2) is 12.4 Å². The molecule has 2 heterocycles. The van der Waals surface area contributed by atoms with E-state index in [1.165, 1.54) is 24.4 Å². The zero-order chi connectivity index (χ0) is 26.1. The third-order valence-electron chi connectivity index (χ3n) is 5.33. The molecular weight excluding hydrogens is 548 g/mol. The molecule has 0 unspecified atom stereocenters. The van der Waals surface area contributed by atoms with Gasteiger partial charge in [0, 0.05) is 21.5 Å². The van der Waals surface area contributed by atoms with Crippen LogP contribution in [0.3, 0.4) is 0 Å². The summed E-state index contributed by atoms with van der Waals surface area (Å²) in [6.45, 7) is -0.803. The minimum Gasteiger partial charge on any atom is -0.479 e. The Hall–Kier alpha value is -4.84. The average molecular weight is 563 g/mol. The Morgan fingerprint density at radius 2 is 2.00 bits per heavy atom. The normalized spacial score (nSPS) is 11.4. The summed E-state index contributed by atoms with van der Waals surface area (Å²) in [7, 11) is 0. The minimum absolute atomic E-state index is 0.0926. The molecule has 0 aliphatic rings. The zero-order valence-electron chi connectivity index (χ0n) is 18.7. The van der Waals surface area contributed by atoms with E-state index >= 15 is 0 Å². The first-order chi connectivity index (χ1) is 17.8. The van der Waals surface area contributed by atoms with Crippen LogP contribution in [0.2, 0.25) is 0 Å². The summed E-state index contributed by atoms with van der Waals surface area (Å²) >= 11 is 3.42. The molecule has 0 radical (unpaired) electrons. The predicted molar refractivity (Wildman–Crippen MR) is 138 cm³/mol. The molecule has 3 aromatic carbocycles. The second-order valence-electron chi connectivity index (χ2n) is 7.74. The Kier molecular flexibility index (Phi) is 6.24. The summed E-state index contributed by atoms with van der Waals surface area (Å²) in [6, 6.07) is 17.9. The van der Waals surface area contributed by atoms with Crippen LogP contribution in [0.5, 0.6) is 5.75 Å².